The van der Waals surface area contributed by atoms with Gasteiger partial charge in [-0.3, -0.25) is 0 Å². The zero-order valence-corrected chi connectivity index (χ0v) is 21.5. The number of hydrogen-bond acceptors (Lipinski definition) is 5. The Balaban J connectivity index is 3.94. The van der Waals surface area contributed by atoms with E-state index < -0.39 is 20.2 Å². The Bertz CT molecular complexity index is 606. The Kier molecular flexibility index (Phi) is 19.6. The van der Waals surface area contributed by atoms with Crippen molar-refractivity contribution in [2.75, 3.05) is 0 Å². The first-order valence-corrected chi connectivity index (χ1v) is 15.3. The van der Waals surface area contributed by atoms with Gasteiger partial charge in [-0.2, -0.15) is 16.8 Å². The maximum absolute atomic E-state index is 11.8. The zero-order valence-electron chi connectivity index (χ0n) is 19.9. The number of allylic oxidation sites excluding steroid dienone is 2. The molecule has 0 aromatic rings. The van der Waals surface area contributed by atoms with Gasteiger partial charge in [0.05, 0.1) is 10.8 Å². The molecule has 0 N–H and O–H groups in total. The van der Waals surface area contributed by atoms with E-state index >= 15 is 0 Å². The topological polar surface area (TPSA) is 77.5 Å². The van der Waals surface area contributed by atoms with Crippen LogP contribution in [0.4, 0.5) is 0 Å². The molecular weight excluding hydrogens is 432 g/mol. The lowest BCUT2D eigenvalue weighted by molar-refractivity contribution is 0.476. The average molecular weight is 479 g/mol. The Labute approximate surface area is 193 Å². The average Bonchev–Trinajstić information content (AvgIpc) is 2.70. The fraction of sp³-hybridized carbons (Fsp3) is 0.833. The normalized spacial score (nSPS) is 13.0. The summed E-state index contributed by atoms with van der Waals surface area (Å²) in [5.41, 5.74) is 0. The van der Waals surface area contributed by atoms with Crippen molar-refractivity contribution >= 4 is 20.2 Å². The summed E-state index contributed by atoms with van der Waals surface area (Å²) in [4.78, 5) is 0. The van der Waals surface area contributed by atoms with Gasteiger partial charge in [0.2, 0.25) is 0 Å². The van der Waals surface area contributed by atoms with Crippen LogP contribution in [0.5, 0.6) is 0 Å². The first-order valence-electron chi connectivity index (χ1n) is 12.4. The highest BCUT2D eigenvalue weighted by atomic mass is 32.3. The van der Waals surface area contributed by atoms with Gasteiger partial charge in [-0.1, -0.05) is 116 Å². The molecule has 0 aliphatic heterocycles. The third kappa shape index (κ3) is 22.3. The second-order valence-corrected chi connectivity index (χ2v) is 11.4. The Morgan fingerprint density at radius 2 is 0.774 bits per heavy atom. The standard InChI is InChI=1S/C24H46O5S2/c1-3-5-7-9-11-13-15-17-19-21-23-30(25,26)29-31(27,28)24-22-20-18-16-14-12-10-8-6-4-2/h21-24H,3-20H2,1-2H3. The molecule has 0 heterocycles. The lowest BCUT2D eigenvalue weighted by Crippen LogP contribution is -2.08. The van der Waals surface area contributed by atoms with Gasteiger partial charge in [0, 0.05) is 0 Å². The summed E-state index contributed by atoms with van der Waals surface area (Å²) < 4.78 is 51.7. The molecule has 0 amide bonds. The van der Waals surface area contributed by atoms with Crippen LogP contribution in [0.1, 0.15) is 129 Å². The number of unbranched alkanes of at least 4 members (excludes halogenated alkanes) is 16. The van der Waals surface area contributed by atoms with Crippen LogP contribution in [0.15, 0.2) is 23.0 Å². The minimum Gasteiger partial charge on any atom is -0.194 e. The summed E-state index contributed by atoms with van der Waals surface area (Å²) in [5, 5.41) is 1.72. The minimum atomic E-state index is -4.23. The summed E-state index contributed by atoms with van der Waals surface area (Å²) in [6.07, 6.45) is 22.9. The van der Waals surface area contributed by atoms with Crippen LogP contribution >= 0.6 is 0 Å². The van der Waals surface area contributed by atoms with Gasteiger partial charge in [0.15, 0.2) is 0 Å². The first kappa shape index (κ1) is 30.3. The smallest absolute Gasteiger partial charge is 0.194 e. The fourth-order valence-corrected chi connectivity index (χ4v) is 5.51. The van der Waals surface area contributed by atoms with Crippen molar-refractivity contribution in [2.24, 2.45) is 0 Å². The molecule has 0 aliphatic rings. The van der Waals surface area contributed by atoms with E-state index in [1.165, 1.54) is 76.4 Å². The van der Waals surface area contributed by atoms with Crippen molar-refractivity contribution < 1.29 is 20.5 Å². The van der Waals surface area contributed by atoms with Crippen LogP contribution < -0.4 is 0 Å². The number of rotatable bonds is 22. The molecular formula is C24H46O5S2. The monoisotopic (exact) mass is 478 g/mol. The molecule has 0 rings (SSSR count). The molecule has 0 atom stereocenters. The van der Waals surface area contributed by atoms with Gasteiger partial charge in [-0.25, -0.2) is 0 Å². The van der Waals surface area contributed by atoms with Gasteiger partial charge in [-0.15, -0.1) is 3.63 Å². The molecule has 0 unspecified atom stereocenters. The SMILES string of the molecule is CCCCCCCCCCC=CS(=O)(=O)OS(=O)(=O)C=CCCCCCCCCCC. The molecule has 0 aromatic heterocycles. The van der Waals surface area contributed by atoms with Crippen LogP contribution in [0, 0.1) is 0 Å². The highest BCUT2D eigenvalue weighted by Gasteiger charge is 2.17. The van der Waals surface area contributed by atoms with Gasteiger partial charge in [-0.05, 0) is 25.7 Å². The minimum absolute atomic E-state index is 0.603. The number of hydrogen-bond donors (Lipinski definition) is 0. The molecule has 5 nitrogen and oxygen atoms in total. The lowest BCUT2D eigenvalue weighted by Gasteiger charge is -2.01. The third-order valence-electron chi connectivity index (χ3n) is 5.16. The second kappa shape index (κ2) is 20.0. The Morgan fingerprint density at radius 3 is 1.10 bits per heavy atom. The molecule has 0 aromatic carbocycles. The van der Waals surface area contributed by atoms with Gasteiger partial charge >= 0.3 is 20.2 Å². The van der Waals surface area contributed by atoms with Crippen molar-refractivity contribution in [3.05, 3.63) is 23.0 Å². The maximum Gasteiger partial charge on any atom is 0.304 e. The van der Waals surface area contributed by atoms with Gasteiger partial charge in [0.1, 0.15) is 0 Å². The lowest BCUT2D eigenvalue weighted by atomic mass is 10.1. The van der Waals surface area contributed by atoms with Crippen LogP contribution in [0.2, 0.25) is 0 Å². The van der Waals surface area contributed by atoms with E-state index in [2.05, 4.69) is 17.5 Å². The van der Waals surface area contributed by atoms with E-state index in [4.69, 9.17) is 0 Å². The molecule has 0 radical (unpaired) electrons. The van der Waals surface area contributed by atoms with E-state index in [9.17, 15) is 16.8 Å². The maximum atomic E-state index is 11.8. The van der Waals surface area contributed by atoms with E-state index in [1.54, 1.807) is 0 Å². The summed E-state index contributed by atoms with van der Waals surface area (Å²) in [5.74, 6) is 0. The summed E-state index contributed by atoms with van der Waals surface area (Å²) in [6, 6.07) is 0. The summed E-state index contributed by atoms with van der Waals surface area (Å²) in [6.45, 7) is 4.40. The molecule has 0 spiro atoms. The van der Waals surface area contributed by atoms with E-state index in [0.717, 1.165) is 49.3 Å². The Hall–Kier alpha value is -0.660. The van der Waals surface area contributed by atoms with Gasteiger partial charge < -0.3 is 0 Å². The van der Waals surface area contributed by atoms with Crippen molar-refractivity contribution in [3.8, 4) is 0 Å². The molecule has 7 heteroatoms. The zero-order chi connectivity index (χ0) is 23.3. The molecule has 31 heavy (non-hydrogen) atoms. The largest absolute Gasteiger partial charge is 0.304 e. The summed E-state index contributed by atoms with van der Waals surface area (Å²) in [7, 11) is -8.46. The van der Waals surface area contributed by atoms with Crippen LogP contribution in [0.25, 0.3) is 0 Å². The highest BCUT2D eigenvalue weighted by molar-refractivity contribution is 8.02. The molecule has 0 aliphatic carbocycles. The van der Waals surface area contributed by atoms with E-state index in [-0.39, 0.29) is 0 Å². The molecule has 0 saturated heterocycles. The predicted octanol–water partition coefficient (Wildman–Crippen LogP) is 7.75. The van der Waals surface area contributed by atoms with E-state index in [1.807, 2.05) is 0 Å². The van der Waals surface area contributed by atoms with E-state index in [0.29, 0.717) is 12.8 Å². The van der Waals surface area contributed by atoms with Crippen molar-refractivity contribution in [2.45, 2.75) is 129 Å². The van der Waals surface area contributed by atoms with Crippen LogP contribution in [-0.2, 0) is 23.9 Å². The predicted molar refractivity (Wildman–Crippen MR) is 132 cm³/mol. The molecule has 0 bridgehead atoms. The van der Waals surface area contributed by atoms with Crippen molar-refractivity contribution in [3.63, 3.8) is 0 Å². The molecule has 0 saturated carbocycles. The summed E-state index contributed by atoms with van der Waals surface area (Å²) >= 11 is 0. The quantitative estimate of drug-likeness (QED) is 0.149. The third-order valence-corrected chi connectivity index (χ3v) is 7.73. The van der Waals surface area contributed by atoms with Crippen LogP contribution in [0.3, 0.4) is 0 Å². The first-order chi connectivity index (χ1) is 14.8. The van der Waals surface area contributed by atoms with Crippen LogP contribution in [-0.4, -0.2) is 16.8 Å². The second-order valence-electron chi connectivity index (χ2n) is 8.32. The van der Waals surface area contributed by atoms with Gasteiger partial charge in [0.25, 0.3) is 0 Å². The van der Waals surface area contributed by atoms with Crippen molar-refractivity contribution in [1.82, 2.24) is 0 Å². The highest BCUT2D eigenvalue weighted by Crippen LogP contribution is 2.12. The van der Waals surface area contributed by atoms with Crippen molar-refractivity contribution in [1.29, 1.82) is 0 Å². The molecule has 0 fully saturated rings. The fourth-order valence-electron chi connectivity index (χ4n) is 3.34. The Morgan fingerprint density at radius 1 is 0.484 bits per heavy atom. The molecule has 184 valence electrons.